The molecule has 2 aromatic carbocycles. The summed E-state index contributed by atoms with van der Waals surface area (Å²) in [6, 6.07) is 10.7. The van der Waals surface area contributed by atoms with E-state index in [-0.39, 0.29) is 4.90 Å². The zero-order chi connectivity index (χ0) is 21.3. The summed E-state index contributed by atoms with van der Waals surface area (Å²) in [5, 5.41) is 1.13. The van der Waals surface area contributed by atoms with Gasteiger partial charge in [0.15, 0.2) is 11.6 Å². The SMILES string of the molecule is CCC(NS(=O)(=O)c1ccc(F)c(F)c1)N1CCN(c2nsc3ccccc23)CC1. The van der Waals surface area contributed by atoms with E-state index in [4.69, 9.17) is 0 Å². The lowest BCUT2D eigenvalue weighted by Gasteiger charge is -2.39. The molecule has 0 saturated carbocycles. The Hall–Kier alpha value is -2.14. The lowest BCUT2D eigenvalue weighted by molar-refractivity contribution is 0.170. The molecule has 0 amide bonds. The Morgan fingerprint density at radius 1 is 1.10 bits per heavy atom. The monoisotopic (exact) mass is 452 g/mol. The molecule has 1 atom stereocenters. The number of nitrogens with one attached hydrogen (secondary N) is 1. The van der Waals surface area contributed by atoms with Crippen LogP contribution in [0.1, 0.15) is 13.3 Å². The first kappa shape index (κ1) is 21.1. The van der Waals surface area contributed by atoms with Gasteiger partial charge in [0.05, 0.1) is 15.8 Å². The number of aromatic nitrogens is 1. The summed E-state index contributed by atoms with van der Waals surface area (Å²) >= 11 is 1.47. The van der Waals surface area contributed by atoms with Crippen molar-refractivity contribution in [3.05, 3.63) is 54.1 Å². The molecular weight excluding hydrogens is 430 g/mol. The summed E-state index contributed by atoms with van der Waals surface area (Å²) in [4.78, 5) is 3.99. The Kier molecular flexibility index (Phi) is 6.01. The van der Waals surface area contributed by atoms with E-state index >= 15 is 0 Å². The fourth-order valence-corrected chi connectivity index (χ4v) is 5.76. The van der Waals surface area contributed by atoms with Crippen molar-refractivity contribution in [1.82, 2.24) is 14.0 Å². The van der Waals surface area contributed by atoms with Gasteiger partial charge in [0.1, 0.15) is 5.82 Å². The van der Waals surface area contributed by atoms with E-state index in [2.05, 4.69) is 25.0 Å². The van der Waals surface area contributed by atoms with E-state index in [1.807, 2.05) is 25.1 Å². The molecular formula is C20H22F2N4O2S2. The van der Waals surface area contributed by atoms with Crippen molar-refractivity contribution >= 4 is 37.5 Å². The molecule has 1 aliphatic rings. The van der Waals surface area contributed by atoms with Crippen LogP contribution in [0.2, 0.25) is 0 Å². The summed E-state index contributed by atoms with van der Waals surface area (Å²) in [7, 11) is -3.97. The normalized spacial score (nSPS) is 16.8. The van der Waals surface area contributed by atoms with Crippen LogP contribution in [0, 0.1) is 11.6 Å². The highest BCUT2D eigenvalue weighted by Crippen LogP contribution is 2.30. The molecule has 1 aromatic heterocycles. The number of hydrogen-bond acceptors (Lipinski definition) is 6. The van der Waals surface area contributed by atoms with Crippen molar-refractivity contribution in [2.24, 2.45) is 0 Å². The molecule has 3 aromatic rings. The zero-order valence-electron chi connectivity index (χ0n) is 16.4. The van der Waals surface area contributed by atoms with Crippen molar-refractivity contribution in [3.63, 3.8) is 0 Å². The van der Waals surface area contributed by atoms with Crippen LogP contribution in [0.3, 0.4) is 0 Å². The lowest BCUT2D eigenvalue weighted by atomic mass is 10.2. The van der Waals surface area contributed by atoms with E-state index in [1.54, 1.807) is 0 Å². The Bertz CT molecular complexity index is 1140. The fraction of sp³-hybridized carbons (Fsp3) is 0.350. The number of piperazine rings is 1. The van der Waals surface area contributed by atoms with E-state index in [0.717, 1.165) is 41.1 Å². The number of benzene rings is 2. The van der Waals surface area contributed by atoms with E-state index in [9.17, 15) is 17.2 Å². The zero-order valence-corrected chi connectivity index (χ0v) is 18.0. The molecule has 0 radical (unpaired) electrons. The maximum absolute atomic E-state index is 13.5. The van der Waals surface area contributed by atoms with Gasteiger partial charge in [-0.1, -0.05) is 19.1 Å². The van der Waals surface area contributed by atoms with Gasteiger partial charge in [0.2, 0.25) is 10.0 Å². The Labute approximate surface area is 178 Å². The van der Waals surface area contributed by atoms with E-state index in [0.29, 0.717) is 25.6 Å². The van der Waals surface area contributed by atoms with Crippen molar-refractivity contribution in [3.8, 4) is 0 Å². The maximum atomic E-state index is 13.5. The first-order valence-electron chi connectivity index (χ1n) is 9.70. The van der Waals surface area contributed by atoms with Crippen molar-refractivity contribution < 1.29 is 17.2 Å². The van der Waals surface area contributed by atoms with E-state index < -0.39 is 27.8 Å². The van der Waals surface area contributed by atoms with Gasteiger partial charge in [-0.15, -0.1) is 0 Å². The summed E-state index contributed by atoms with van der Waals surface area (Å²) in [5.41, 5.74) is 0. The first-order chi connectivity index (χ1) is 14.4. The molecule has 0 spiro atoms. The molecule has 1 unspecified atom stereocenters. The number of anilines is 1. The number of fused-ring (bicyclic) bond motifs is 1. The standard InChI is InChI=1S/C20H22F2N4O2S2/c1-2-19(24-30(27,28)14-7-8-16(21)17(22)13-14)25-9-11-26(12-10-25)20-15-5-3-4-6-18(15)29-23-20/h3-8,13,19,24H,2,9-12H2,1H3. The van der Waals surface area contributed by atoms with Crippen LogP contribution in [-0.4, -0.2) is 50.0 Å². The third-order valence-corrected chi connectivity index (χ3v) is 7.57. The van der Waals surface area contributed by atoms with Crippen LogP contribution in [0.4, 0.5) is 14.6 Å². The van der Waals surface area contributed by atoms with Crippen LogP contribution in [0.25, 0.3) is 10.1 Å². The van der Waals surface area contributed by atoms with Gasteiger partial charge in [-0.25, -0.2) is 17.2 Å². The molecule has 0 aliphatic carbocycles. The minimum absolute atomic E-state index is 0.285. The number of halogens is 2. The quantitative estimate of drug-likeness (QED) is 0.621. The number of sulfonamides is 1. The Morgan fingerprint density at radius 3 is 2.53 bits per heavy atom. The Morgan fingerprint density at radius 2 is 1.83 bits per heavy atom. The highest BCUT2D eigenvalue weighted by Gasteiger charge is 2.28. The lowest BCUT2D eigenvalue weighted by Crippen LogP contribution is -2.55. The predicted molar refractivity (Wildman–Crippen MR) is 114 cm³/mol. The third kappa shape index (κ3) is 4.18. The molecule has 1 fully saturated rings. The van der Waals surface area contributed by atoms with Gasteiger partial charge in [-0.2, -0.15) is 9.10 Å². The molecule has 0 bridgehead atoms. The summed E-state index contributed by atoms with van der Waals surface area (Å²) < 4.78 is 60.3. The van der Waals surface area contributed by atoms with Crippen LogP contribution >= 0.6 is 11.5 Å². The van der Waals surface area contributed by atoms with Crippen molar-refractivity contribution in [1.29, 1.82) is 0 Å². The van der Waals surface area contributed by atoms with Gasteiger partial charge >= 0.3 is 0 Å². The second-order valence-corrected chi connectivity index (χ2v) is 9.67. The molecule has 30 heavy (non-hydrogen) atoms. The summed E-state index contributed by atoms with van der Waals surface area (Å²) in [5.74, 6) is -1.30. The average Bonchev–Trinajstić information content (AvgIpc) is 3.18. The first-order valence-corrected chi connectivity index (χ1v) is 12.0. The summed E-state index contributed by atoms with van der Waals surface area (Å²) in [6.07, 6.45) is 0.111. The van der Waals surface area contributed by atoms with Crippen LogP contribution < -0.4 is 9.62 Å². The van der Waals surface area contributed by atoms with Gasteiger partial charge in [0.25, 0.3) is 0 Å². The van der Waals surface area contributed by atoms with Gasteiger partial charge in [-0.05, 0) is 48.3 Å². The van der Waals surface area contributed by atoms with Crippen LogP contribution in [0.15, 0.2) is 47.4 Å². The number of nitrogens with zero attached hydrogens (tertiary/aromatic N) is 3. The third-order valence-electron chi connectivity index (χ3n) is 5.29. The van der Waals surface area contributed by atoms with Crippen LogP contribution in [0.5, 0.6) is 0 Å². The molecule has 2 heterocycles. The van der Waals surface area contributed by atoms with Crippen molar-refractivity contribution in [2.75, 3.05) is 31.1 Å². The molecule has 10 heteroatoms. The minimum atomic E-state index is -3.97. The van der Waals surface area contributed by atoms with Crippen molar-refractivity contribution in [2.45, 2.75) is 24.4 Å². The second-order valence-electron chi connectivity index (χ2n) is 7.15. The molecule has 4 rings (SSSR count). The highest BCUT2D eigenvalue weighted by atomic mass is 32.2. The van der Waals surface area contributed by atoms with Crippen LogP contribution in [-0.2, 0) is 10.0 Å². The molecule has 1 N–H and O–H groups in total. The Balaban J connectivity index is 1.44. The maximum Gasteiger partial charge on any atom is 0.242 e. The van der Waals surface area contributed by atoms with Gasteiger partial charge < -0.3 is 4.90 Å². The number of rotatable bonds is 6. The average molecular weight is 453 g/mol. The summed E-state index contributed by atoms with van der Waals surface area (Å²) in [6.45, 7) is 4.64. The molecule has 6 nitrogen and oxygen atoms in total. The number of hydrogen-bond donors (Lipinski definition) is 1. The van der Waals surface area contributed by atoms with E-state index in [1.165, 1.54) is 11.5 Å². The molecule has 1 saturated heterocycles. The fourth-order valence-electron chi connectivity index (χ4n) is 3.65. The minimum Gasteiger partial charge on any atom is -0.353 e. The largest absolute Gasteiger partial charge is 0.353 e. The second kappa shape index (κ2) is 8.54. The van der Waals surface area contributed by atoms with Gasteiger partial charge in [-0.3, -0.25) is 4.90 Å². The van der Waals surface area contributed by atoms with Gasteiger partial charge in [0, 0.05) is 31.6 Å². The topological polar surface area (TPSA) is 65.5 Å². The smallest absolute Gasteiger partial charge is 0.242 e. The molecule has 160 valence electrons. The molecule has 1 aliphatic heterocycles. The highest BCUT2D eigenvalue weighted by molar-refractivity contribution is 7.89. The predicted octanol–water partition coefficient (Wildman–Crippen LogP) is 3.41.